The topological polar surface area (TPSA) is 38.7 Å². The summed E-state index contributed by atoms with van der Waals surface area (Å²) in [4.78, 5) is 0. The second-order valence-corrected chi connectivity index (χ2v) is 3.40. The van der Waals surface area contributed by atoms with Gasteiger partial charge in [-0.15, -0.1) is 0 Å². The zero-order valence-corrected chi connectivity index (χ0v) is 10.0. The number of benzene rings is 1. The lowest BCUT2D eigenvalue weighted by molar-refractivity contribution is 0.160. The third kappa shape index (κ3) is 3.95. The van der Waals surface area contributed by atoms with Crippen LogP contribution in [0.4, 0.5) is 0 Å². The van der Waals surface area contributed by atoms with E-state index in [0.29, 0.717) is 25.1 Å². The minimum absolute atomic E-state index is 0.223. The Morgan fingerprint density at radius 1 is 1.00 bits per heavy atom. The number of phenolic OH excluding ortho intramolecular Hbond substituents is 1. The van der Waals surface area contributed by atoms with Crippen molar-refractivity contribution in [1.82, 2.24) is 0 Å². The molecule has 0 aliphatic carbocycles. The molecule has 0 fully saturated rings. The molecule has 1 rings (SSSR count). The van der Waals surface area contributed by atoms with E-state index in [1.165, 1.54) is 0 Å². The van der Waals surface area contributed by atoms with Crippen LogP contribution in [0.1, 0.15) is 11.1 Å². The van der Waals surface area contributed by atoms with Gasteiger partial charge in [0.25, 0.3) is 0 Å². The van der Waals surface area contributed by atoms with E-state index in [0.717, 1.165) is 11.1 Å². The second-order valence-electron chi connectivity index (χ2n) is 2.88. The molecule has 1 aromatic rings. The summed E-state index contributed by atoms with van der Waals surface area (Å²) < 4.78 is 10.2. The maximum Gasteiger partial charge on any atom is 0.126 e. The molecule has 84 valence electrons. The maximum atomic E-state index is 9.83. The van der Waals surface area contributed by atoms with Gasteiger partial charge in [-0.05, 0) is 0 Å². The van der Waals surface area contributed by atoms with Crippen molar-refractivity contribution in [3.05, 3.63) is 29.3 Å². The number of phenols is 1. The third-order valence-corrected chi connectivity index (χ3v) is 2.27. The Kier molecular flexibility index (Phi) is 5.93. The van der Waals surface area contributed by atoms with E-state index in [-0.39, 0.29) is 5.75 Å². The van der Waals surface area contributed by atoms with Crippen LogP contribution >= 0.6 is 25.3 Å². The van der Waals surface area contributed by atoms with E-state index >= 15 is 0 Å². The summed E-state index contributed by atoms with van der Waals surface area (Å²) in [7, 11) is 0. The smallest absolute Gasteiger partial charge is 0.126 e. The molecule has 0 spiro atoms. The fraction of sp³-hybridized carbons (Fsp3) is 0.400. The molecule has 0 aromatic heterocycles. The molecule has 0 heterocycles. The van der Waals surface area contributed by atoms with Crippen molar-refractivity contribution in [2.24, 2.45) is 0 Å². The summed E-state index contributed by atoms with van der Waals surface area (Å²) in [5.74, 6) is 0.884. The van der Waals surface area contributed by atoms with E-state index < -0.39 is 0 Å². The summed E-state index contributed by atoms with van der Waals surface area (Å²) in [6.45, 7) is 0.702. The maximum absolute atomic E-state index is 9.83. The summed E-state index contributed by atoms with van der Waals surface area (Å²) in [5.41, 5.74) is 1.48. The minimum atomic E-state index is 0.223. The van der Waals surface area contributed by atoms with Crippen molar-refractivity contribution in [3.8, 4) is 5.75 Å². The highest BCUT2D eigenvalue weighted by molar-refractivity contribution is 7.80. The second kappa shape index (κ2) is 7.00. The van der Waals surface area contributed by atoms with Crippen molar-refractivity contribution in [1.29, 1.82) is 0 Å². The molecule has 0 saturated carbocycles. The number of ether oxygens (including phenoxy) is 2. The van der Waals surface area contributed by atoms with Gasteiger partial charge in [0.05, 0.1) is 25.1 Å². The average Bonchev–Trinajstić information content (AvgIpc) is 2.26. The SMILES string of the molecule is Oc1c(COCS)cccc1COCS. The first-order chi connectivity index (χ1) is 7.29. The van der Waals surface area contributed by atoms with Crippen LogP contribution in [0.25, 0.3) is 0 Å². The number of rotatable bonds is 6. The first kappa shape index (κ1) is 12.7. The van der Waals surface area contributed by atoms with Gasteiger partial charge in [-0.25, -0.2) is 0 Å². The lowest BCUT2D eigenvalue weighted by Gasteiger charge is -2.09. The summed E-state index contributed by atoms with van der Waals surface area (Å²) in [6.07, 6.45) is 0. The fourth-order valence-corrected chi connectivity index (χ4v) is 1.37. The van der Waals surface area contributed by atoms with E-state index in [9.17, 15) is 5.11 Å². The zero-order chi connectivity index (χ0) is 11.1. The number of aromatic hydroxyl groups is 1. The van der Waals surface area contributed by atoms with Gasteiger partial charge in [0.15, 0.2) is 0 Å². The van der Waals surface area contributed by atoms with Gasteiger partial charge in [-0.1, -0.05) is 18.2 Å². The van der Waals surface area contributed by atoms with Gasteiger partial charge < -0.3 is 14.6 Å². The molecule has 0 atom stereocenters. The van der Waals surface area contributed by atoms with Crippen molar-refractivity contribution in [2.45, 2.75) is 13.2 Å². The average molecular weight is 246 g/mol. The highest BCUT2D eigenvalue weighted by Crippen LogP contribution is 2.23. The predicted octanol–water partition coefficient (Wildman–Crippen LogP) is 2.20. The van der Waals surface area contributed by atoms with Crippen molar-refractivity contribution in [3.63, 3.8) is 0 Å². The Balaban J connectivity index is 2.71. The van der Waals surface area contributed by atoms with Crippen molar-refractivity contribution in [2.75, 3.05) is 11.9 Å². The van der Waals surface area contributed by atoms with Gasteiger partial charge in [-0.2, -0.15) is 25.3 Å². The Labute approximate surface area is 100 Å². The quantitative estimate of drug-likeness (QED) is 0.532. The largest absolute Gasteiger partial charge is 0.507 e. The molecule has 0 saturated heterocycles. The highest BCUT2D eigenvalue weighted by Gasteiger charge is 2.06. The lowest BCUT2D eigenvalue weighted by atomic mass is 10.1. The normalized spacial score (nSPS) is 10.5. The molecule has 0 bridgehead atoms. The van der Waals surface area contributed by atoms with Gasteiger partial charge in [0.2, 0.25) is 0 Å². The van der Waals surface area contributed by atoms with Gasteiger partial charge >= 0.3 is 0 Å². The van der Waals surface area contributed by atoms with Crippen molar-refractivity contribution < 1.29 is 14.6 Å². The molecule has 0 unspecified atom stereocenters. The van der Waals surface area contributed by atoms with Gasteiger partial charge in [-0.3, -0.25) is 0 Å². The van der Waals surface area contributed by atoms with Crippen LogP contribution < -0.4 is 0 Å². The number of para-hydroxylation sites is 1. The Morgan fingerprint density at radius 3 is 1.87 bits per heavy atom. The molecule has 15 heavy (non-hydrogen) atoms. The van der Waals surface area contributed by atoms with Crippen LogP contribution in [0.2, 0.25) is 0 Å². The molecule has 1 N–H and O–H groups in total. The molecular formula is C10H14O3S2. The molecule has 0 amide bonds. The Bertz CT molecular complexity index is 278. The van der Waals surface area contributed by atoms with E-state index in [1.807, 2.05) is 18.2 Å². The minimum Gasteiger partial charge on any atom is -0.507 e. The fourth-order valence-electron chi connectivity index (χ4n) is 1.19. The Morgan fingerprint density at radius 2 is 1.47 bits per heavy atom. The molecule has 0 aliphatic rings. The number of thiol groups is 2. The molecule has 3 nitrogen and oxygen atoms in total. The molecule has 0 radical (unpaired) electrons. The van der Waals surface area contributed by atoms with Crippen LogP contribution in [0, 0.1) is 0 Å². The van der Waals surface area contributed by atoms with E-state index in [2.05, 4.69) is 25.3 Å². The highest BCUT2D eigenvalue weighted by atomic mass is 32.1. The summed E-state index contributed by atoms with van der Waals surface area (Å²) >= 11 is 7.86. The lowest BCUT2D eigenvalue weighted by Crippen LogP contribution is -1.96. The Hall–Kier alpha value is -0.360. The summed E-state index contributed by atoms with van der Waals surface area (Å²) in [5, 5.41) is 9.83. The van der Waals surface area contributed by atoms with E-state index in [1.54, 1.807) is 0 Å². The first-order valence-corrected chi connectivity index (χ1v) is 5.73. The van der Waals surface area contributed by atoms with Crippen LogP contribution in [0.5, 0.6) is 5.75 Å². The zero-order valence-electron chi connectivity index (χ0n) is 8.22. The van der Waals surface area contributed by atoms with Gasteiger partial charge in [0, 0.05) is 11.1 Å². The number of hydrogen-bond donors (Lipinski definition) is 3. The summed E-state index contributed by atoms with van der Waals surface area (Å²) in [6, 6.07) is 5.47. The third-order valence-electron chi connectivity index (χ3n) is 1.90. The first-order valence-electron chi connectivity index (χ1n) is 4.46. The van der Waals surface area contributed by atoms with Crippen LogP contribution in [0.15, 0.2) is 18.2 Å². The van der Waals surface area contributed by atoms with E-state index in [4.69, 9.17) is 9.47 Å². The van der Waals surface area contributed by atoms with Crippen molar-refractivity contribution >= 4 is 25.3 Å². The molecule has 1 aromatic carbocycles. The van der Waals surface area contributed by atoms with Crippen LogP contribution in [0.3, 0.4) is 0 Å². The molecule has 0 aliphatic heterocycles. The number of hydrogen-bond acceptors (Lipinski definition) is 5. The molecule has 5 heteroatoms. The van der Waals surface area contributed by atoms with Crippen LogP contribution in [-0.4, -0.2) is 17.0 Å². The monoisotopic (exact) mass is 246 g/mol. The molecular weight excluding hydrogens is 232 g/mol. The standard InChI is InChI=1S/C10H14O3S2/c11-10-8(4-12-6-14)2-1-3-9(10)5-13-7-15/h1-3,11,14-15H,4-7H2. The van der Waals surface area contributed by atoms with Crippen LogP contribution in [-0.2, 0) is 22.7 Å². The van der Waals surface area contributed by atoms with Gasteiger partial charge in [0.1, 0.15) is 5.75 Å². The predicted molar refractivity (Wildman–Crippen MR) is 65.4 cm³/mol.